The van der Waals surface area contributed by atoms with Crippen molar-refractivity contribution in [2.24, 2.45) is 5.73 Å². The fourth-order valence-corrected chi connectivity index (χ4v) is 0.932. The summed E-state index contributed by atoms with van der Waals surface area (Å²) < 4.78 is 0. The molecule has 0 aliphatic heterocycles. The number of hydrogen-bond acceptors (Lipinski definition) is 5. The van der Waals surface area contributed by atoms with Gasteiger partial charge >= 0.3 is 0 Å². The van der Waals surface area contributed by atoms with Crippen molar-refractivity contribution in [1.82, 2.24) is 20.4 Å². The predicted octanol–water partition coefficient (Wildman–Crippen LogP) is -0.0619. The van der Waals surface area contributed by atoms with Gasteiger partial charge in [0.25, 0.3) is 0 Å². The first-order valence-corrected chi connectivity index (χ1v) is 4.13. The largest absolute Gasteiger partial charge is 0.330 e. The maximum Gasteiger partial charge on any atom is 0.173 e. The second-order valence-corrected chi connectivity index (χ2v) is 2.56. The molecule has 0 fully saturated rings. The van der Waals surface area contributed by atoms with Crippen molar-refractivity contribution in [2.75, 3.05) is 6.54 Å². The molecule has 0 aliphatic rings. The summed E-state index contributed by atoms with van der Waals surface area (Å²) in [6.07, 6.45) is 5.43. The molecule has 5 nitrogen and oxygen atoms in total. The third-order valence-corrected chi connectivity index (χ3v) is 1.55. The summed E-state index contributed by atoms with van der Waals surface area (Å²) in [6.45, 7) is 0.756. The van der Waals surface area contributed by atoms with Crippen molar-refractivity contribution < 1.29 is 0 Å². The molecule has 66 valence electrons. The summed E-state index contributed by atoms with van der Waals surface area (Å²) in [5, 5.41) is 14.9. The van der Waals surface area contributed by atoms with Gasteiger partial charge in [0.2, 0.25) is 0 Å². The summed E-state index contributed by atoms with van der Waals surface area (Å²) in [5.74, 6) is 0.717. The van der Waals surface area contributed by atoms with Crippen molar-refractivity contribution in [2.45, 2.75) is 25.7 Å². The van der Waals surface area contributed by atoms with Gasteiger partial charge in [0.15, 0.2) is 12.2 Å². The SMILES string of the molecule is NCCCCCc1nncnn1. The first-order chi connectivity index (χ1) is 5.93. The molecule has 1 aromatic heterocycles. The second kappa shape index (κ2) is 5.54. The van der Waals surface area contributed by atoms with E-state index in [0.29, 0.717) is 0 Å². The molecule has 0 bridgehead atoms. The van der Waals surface area contributed by atoms with E-state index in [-0.39, 0.29) is 0 Å². The lowest BCUT2D eigenvalue weighted by Crippen LogP contribution is -2.01. The number of aromatic nitrogens is 4. The number of unbranched alkanes of at least 4 members (excludes halogenated alkanes) is 2. The van der Waals surface area contributed by atoms with Gasteiger partial charge < -0.3 is 5.73 Å². The Morgan fingerprint density at radius 2 is 1.83 bits per heavy atom. The molecule has 1 aromatic rings. The Balaban J connectivity index is 2.16. The van der Waals surface area contributed by atoms with Gasteiger partial charge in [0.1, 0.15) is 0 Å². The van der Waals surface area contributed by atoms with Crippen molar-refractivity contribution in [3.8, 4) is 0 Å². The molecule has 0 spiro atoms. The summed E-state index contributed by atoms with van der Waals surface area (Å²) in [7, 11) is 0. The minimum Gasteiger partial charge on any atom is -0.330 e. The van der Waals surface area contributed by atoms with E-state index < -0.39 is 0 Å². The van der Waals surface area contributed by atoms with Crippen LogP contribution < -0.4 is 5.73 Å². The van der Waals surface area contributed by atoms with Crippen LogP contribution in [0.4, 0.5) is 0 Å². The third kappa shape index (κ3) is 3.34. The van der Waals surface area contributed by atoms with E-state index in [1.54, 1.807) is 0 Å². The van der Waals surface area contributed by atoms with E-state index in [9.17, 15) is 0 Å². The highest BCUT2D eigenvalue weighted by atomic mass is 15.3. The van der Waals surface area contributed by atoms with Gasteiger partial charge in [-0.2, -0.15) is 0 Å². The standard InChI is InChI=1S/C7H13N5/c8-5-3-1-2-4-7-11-9-6-10-12-7/h6H,1-5,8H2. The zero-order valence-corrected chi connectivity index (χ0v) is 6.98. The molecule has 0 saturated heterocycles. The normalized spacial score (nSPS) is 10.1. The van der Waals surface area contributed by atoms with Gasteiger partial charge in [-0.25, -0.2) is 0 Å². The molecule has 1 heterocycles. The zero-order valence-electron chi connectivity index (χ0n) is 6.98. The highest BCUT2D eigenvalue weighted by Crippen LogP contribution is 1.98. The number of hydrogen-bond donors (Lipinski definition) is 1. The smallest absolute Gasteiger partial charge is 0.173 e. The van der Waals surface area contributed by atoms with Gasteiger partial charge in [0, 0.05) is 6.42 Å². The van der Waals surface area contributed by atoms with Crippen molar-refractivity contribution >= 4 is 0 Å². The van der Waals surface area contributed by atoms with Crippen LogP contribution in [-0.2, 0) is 6.42 Å². The molecule has 0 amide bonds. The topological polar surface area (TPSA) is 77.6 Å². The van der Waals surface area contributed by atoms with Crippen LogP contribution in [0.3, 0.4) is 0 Å². The summed E-state index contributed by atoms with van der Waals surface area (Å²) >= 11 is 0. The van der Waals surface area contributed by atoms with E-state index in [1.165, 1.54) is 6.33 Å². The molecule has 5 heteroatoms. The van der Waals surface area contributed by atoms with Gasteiger partial charge in [-0.05, 0) is 19.4 Å². The van der Waals surface area contributed by atoms with Crippen LogP contribution in [0.15, 0.2) is 6.33 Å². The van der Waals surface area contributed by atoms with Gasteiger partial charge in [-0.3, -0.25) is 0 Å². The fraction of sp³-hybridized carbons (Fsp3) is 0.714. The van der Waals surface area contributed by atoms with Gasteiger partial charge in [-0.1, -0.05) is 6.42 Å². The predicted molar refractivity (Wildman–Crippen MR) is 44.2 cm³/mol. The lowest BCUT2D eigenvalue weighted by Gasteiger charge is -1.96. The quantitative estimate of drug-likeness (QED) is 0.621. The molecule has 0 atom stereocenters. The molecule has 0 aliphatic carbocycles. The summed E-state index contributed by atoms with van der Waals surface area (Å²) in [5.41, 5.74) is 5.35. The molecule has 0 radical (unpaired) electrons. The summed E-state index contributed by atoms with van der Waals surface area (Å²) in [4.78, 5) is 0. The van der Waals surface area contributed by atoms with Crippen LogP contribution in [-0.4, -0.2) is 26.9 Å². The Kier molecular flexibility index (Phi) is 4.15. The number of aryl methyl sites for hydroxylation is 1. The van der Waals surface area contributed by atoms with E-state index in [2.05, 4.69) is 20.4 Å². The molecule has 0 aromatic carbocycles. The Labute approximate surface area is 71.4 Å². The average Bonchev–Trinajstić information content (AvgIpc) is 2.14. The Morgan fingerprint density at radius 1 is 1.08 bits per heavy atom. The maximum absolute atomic E-state index is 5.35. The number of rotatable bonds is 5. The molecular weight excluding hydrogens is 154 g/mol. The molecule has 2 N–H and O–H groups in total. The summed E-state index contributed by atoms with van der Waals surface area (Å²) in [6, 6.07) is 0. The van der Waals surface area contributed by atoms with Crippen LogP contribution in [0, 0.1) is 0 Å². The first-order valence-electron chi connectivity index (χ1n) is 4.13. The van der Waals surface area contributed by atoms with E-state index in [4.69, 9.17) is 5.73 Å². The molecule has 0 saturated carbocycles. The second-order valence-electron chi connectivity index (χ2n) is 2.56. The highest BCUT2D eigenvalue weighted by Gasteiger charge is 1.95. The van der Waals surface area contributed by atoms with Gasteiger partial charge in [0.05, 0.1) is 0 Å². The molecule has 1 rings (SSSR count). The fourth-order valence-electron chi connectivity index (χ4n) is 0.932. The molecular formula is C7H13N5. The first kappa shape index (κ1) is 8.99. The molecule has 0 unspecified atom stereocenters. The third-order valence-electron chi connectivity index (χ3n) is 1.55. The number of nitrogens with two attached hydrogens (primary N) is 1. The van der Waals surface area contributed by atoms with Crippen LogP contribution in [0.25, 0.3) is 0 Å². The van der Waals surface area contributed by atoms with Crippen molar-refractivity contribution in [3.63, 3.8) is 0 Å². The van der Waals surface area contributed by atoms with E-state index >= 15 is 0 Å². The minimum atomic E-state index is 0.717. The van der Waals surface area contributed by atoms with Crippen LogP contribution in [0.5, 0.6) is 0 Å². The molecule has 12 heavy (non-hydrogen) atoms. The number of nitrogens with zero attached hydrogens (tertiary/aromatic N) is 4. The van der Waals surface area contributed by atoms with Crippen LogP contribution in [0.1, 0.15) is 25.1 Å². The Hall–Kier alpha value is -1.10. The van der Waals surface area contributed by atoms with Crippen molar-refractivity contribution in [1.29, 1.82) is 0 Å². The minimum absolute atomic E-state index is 0.717. The van der Waals surface area contributed by atoms with Crippen molar-refractivity contribution in [3.05, 3.63) is 12.2 Å². The Bertz CT molecular complexity index is 200. The maximum atomic E-state index is 5.35. The highest BCUT2D eigenvalue weighted by molar-refractivity contribution is 4.75. The van der Waals surface area contributed by atoms with E-state index in [0.717, 1.165) is 38.1 Å². The lowest BCUT2D eigenvalue weighted by molar-refractivity contribution is 0.646. The lowest BCUT2D eigenvalue weighted by atomic mass is 10.2. The monoisotopic (exact) mass is 167 g/mol. The van der Waals surface area contributed by atoms with Crippen LogP contribution >= 0.6 is 0 Å². The van der Waals surface area contributed by atoms with Gasteiger partial charge in [-0.15, -0.1) is 20.4 Å². The average molecular weight is 167 g/mol. The zero-order chi connectivity index (χ0) is 8.65. The van der Waals surface area contributed by atoms with E-state index in [1.807, 2.05) is 0 Å². The van der Waals surface area contributed by atoms with Crippen LogP contribution in [0.2, 0.25) is 0 Å². The Morgan fingerprint density at radius 3 is 2.50 bits per heavy atom.